The summed E-state index contributed by atoms with van der Waals surface area (Å²) in [7, 11) is 0. The van der Waals surface area contributed by atoms with E-state index in [1.165, 1.54) is 0 Å². The molecule has 0 aromatic heterocycles. The van der Waals surface area contributed by atoms with Crippen molar-refractivity contribution in [2.45, 2.75) is 0 Å². The van der Waals surface area contributed by atoms with E-state index in [1.54, 1.807) is 0 Å². The second-order valence-electron chi connectivity index (χ2n) is 0.0745. The van der Waals surface area contributed by atoms with Crippen LogP contribution in [-0.2, 0) is 20.3 Å². The Hall–Kier alpha value is 1.80. The minimum absolute atomic E-state index is 0. The molecule has 0 aliphatic heterocycles. The van der Waals surface area contributed by atoms with Crippen molar-refractivity contribution in [1.29, 1.82) is 0 Å². The fraction of sp³-hybridized carbons (Fsp3) is 0. The molecule has 0 saturated heterocycles. The predicted molar refractivity (Wildman–Crippen MR) is 13.9 cm³/mol. The summed E-state index contributed by atoms with van der Waals surface area (Å²) >= 11 is 3.49. The van der Waals surface area contributed by atoms with E-state index in [2.05, 4.69) is 15.5 Å². The molecule has 23 valence electrons. The normalized spacial score (nSPS) is 3.50. The van der Waals surface area contributed by atoms with E-state index in [-0.39, 0.29) is 51.4 Å². The molecule has 0 aromatic rings. The maximum atomic E-state index is 8.64. The van der Waals surface area contributed by atoms with Gasteiger partial charge in [0.1, 0.15) is 0 Å². The van der Waals surface area contributed by atoms with Gasteiger partial charge in [-0.2, -0.15) is 0 Å². The molecule has 3 heteroatoms. The number of carbonyl (C=O) groups is 1. The van der Waals surface area contributed by atoms with Crippen LogP contribution in [0.5, 0.6) is 0 Å². The van der Waals surface area contributed by atoms with Crippen molar-refractivity contribution in [2.24, 2.45) is 0 Å². The molecule has 0 aromatic carbocycles. The zero-order valence-corrected chi connectivity index (χ0v) is 2.29. The third-order valence-corrected chi connectivity index (χ3v) is 0. The second kappa shape index (κ2) is 8.84. The second-order valence-corrected chi connectivity index (χ2v) is 0.307. The van der Waals surface area contributed by atoms with Gasteiger partial charge in [-0.15, -0.1) is 0 Å². The molecule has 0 amide bonds. The Labute approximate surface area is 75.3 Å². The Morgan fingerprint density at radius 3 is 1.75 bits per heavy atom. The predicted octanol–water partition coefficient (Wildman–Crippen LogP) is -0.925. The van der Waals surface area contributed by atoms with Gasteiger partial charge in [-0.3, -0.25) is 0 Å². The molecular weight excluding hydrogens is 126 g/mol. The molecule has 0 heterocycles. The average Bonchev–Trinajstić information content (AvgIpc) is 0.918. The molecular formula is CH2KNiO. The van der Waals surface area contributed by atoms with E-state index < -0.39 is 0 Å². The molecule has 0 atom stereocenters. The number of hydrogen-bond donors (Lipinski definition) is 0. The van der Waals surface area contributed by atoms with Gasteiger partial charge in [0.15, 0.2) is 0 Å². The van der Waals surface area contributed by atoms with Crippen molar-refractivity contribution in [2.75, 3.05) is 0 Å². The first kappa shape index (κ1) is 9.25. The summed E-state index contributed by atoms with van der Waals surface area (Å²) in [6.07, 6.45) is 0. The van der Waals surface area contributed by atoms with Gasteiger partial charge in [-0.1, -0.05) is 0 Å². The molecule has 0 spiro atoms. The van der Waals surface area contributed by atoms with E-state index in [0.29, 0.717) is 5.26 Å². The van der Waals surface area contributed by atoms with E-state index >= 15 is 0 Å². The first-order chi connectivity index (χ1) is 1.41. The molecule has 0 unspecified atom stereocenters. The van der Waals surface area contributed by atoms with Gasteiger partial charge in [0.2, 0.25) is 0 Å². The fourth-order valence-corrected chi connectivity index (χ4v) is 0. The average molecular weight is 128 g/mol. The Bertz CT molecular complexity index is 15.5. The summed E-state index contributed by atoms with van der Waals surface area (Å²) < 4.78 is 0. The van der Waals surface area contributed by atoms with Gasteiger partial charge in [0.05, 0.1) is 0 Å². The van der Waals surface area contributed by atoms with Crippen molar-refractivity contribution < 1.29 is 20.3 Å². The quantitative estimate of drug-likeness (QED) is 0.304. The molecule has 0 fully saturated rings. The van der Waals surface area contributed by atoms with Crippen LogP contribution in [0, 0.1) is 0 Å². The van der Waals surface area contributed by atoms with Crippen molar-refractivity contribution in [1.82, 2.24) is 0 Å². The number of rotatable bonds is 0. The van der Waals surface area contributed by atoms with E-state index in [9.17, 15) is 0 Å². The van der Waals surface area contributed by atoms with Gasteiger partial charge in [-0.25, -0.2) is 0 Å². The van der Waals surface area contributed by atoms with E-state index in [0.717, 1.165) is 0 Å². The minimum atomic E-state index is 0. The molecule has 0 radical (unpaired) electrons. The van der Waals surface area contributed by atoms with Gasteiger partial charge < -0.3 is 0 Å². The zero-order chi connectivity index (χ0) is 2.71. The monoisotopic (exact) mass is 127 g/mol. The van der Waals surface area contributed by atoms with Crippen LogP contribution in [0.3, 0.4) is 0 Å². The Balaban J connectivity index is 0. The van der Waals surface area contributed by atoms with Gasteiger partial charge in [-0.05, 0) is 0 Å². The summed E-state index contributed by atoms with van der Waals surface area (Å²) in [5.41, 5.74) is 0. The molecule has 0 rings (SSSR count). The van der Waals surface area contributed by atoms with E-state index in [1.807, 2.05) is 0 Å². The first-order valence-electron chi connectivity index (χ1n) is 0.418. The topological polar surface area (TPSA) is 17.1 Å². The molecule has 0 N–H and O–H groups in total. The summed E-state index contributed by atoms with van der Waals surface area (Å²) in [6, 6.07) is 0. The van der Waals surface area contributed by atoms with Crippen LogP contribution in [0.2, 0.25) is 0 Å². The van der Waals surface area contributed by atoms with Gasteiger partial charge in [0.25, 0.3) is 0 Å². The Morgan fingerprint density at radius 1 is 1.75 bits per heavy atom. The zero-order valence-electron chi connectivity index (χ0n) is 1.30. The van der Waals surface area contributed by atoms with Crippen LogP contribution < -0.4 is 0 Å². The van der Waals surface area contributed by atoms with Crippen LogP contribution in [0.4, 0.5) is 0 Å². The Kier molecular flexibility index (Phi) is 20.5. The van der Waals surface area contributed by atoms with Crippen molar-refractivity contribution in [3.8, 4) is 0 Å². The number of carbonyl (C=O) groups excluding carboxylic acids is 1. The number of hydrogen-bond acceptors (Lipinski definition) is 1. The van der Waals surface area contributed by atoms with Crippen LogP contribution in [0.25, 0.3) is 0 Å². The van der Waals surface area contributed by atoms with Crippen molar-refractivity contribution >= 4 is 56.6 Å². The summed E-state index contributed by atoms with van der Waals surface area (Å²) in [4.78, 5) is 8.64. The first-order valence-corrected chi connectivity index (χ1v) is 0.988. The third-order valence-electron chi connectivity index (χ3n) is 0. The standard InChI is InChI=1S/CHO.K.Ni.H/c1-2;;;/h1H;;;. The van der Waals surface area contributed by atoms with E-state index in [4.69, 9.17) is 4.79 Å². The van der Waals surface area contributed by atoms with Gasteiger partial charge in [0, 0.05) is 0 Å². The fourth-order valence-electron chi connectivity index (χ4n) is 0. The third kappa shape index (κ3) is 9.20. The SMILES string of the molecule is O=[CH][Ni].[KH]. The summed E-state index contributed by atoms with van der Waals surface area (Å²) in [6.45, 7) is 0. The molecule has 0 saturated carbocycles. The van der Waals surface area contributed by atoms with Crippen molar-refractivity contribution in [3.63, 3.8) is 0 Å². The molecule has 0 aliphatic carbocycles. The van der Waals surface area contributed by atoms with Crippen molar-refractivity contribution in [3.05, 3.63) is 0 Å². The maximum absolute atomic E-state index is 8.64. The molecule has 0 aliphatic rings. The van der Waals surface area contributed by atoms with Gasteiger partial charge >= 0.3 is 76.9 Å². The van der Waals surface area contributed by atoms with Crippen LogP contribution in [0.15, 0.2) is 0 Å². The van der Waals surface area contributed by atoms with Crippen LogP contribution in [-0.4, -0.2) is 56.6 Å². The summed E-state index contributed by atoms with van der Waals surface area (Å²) in [5, 5.41) is 0.375. The molecule has 0 bridgehead atoms. The molecule has 1 nitrogen and oxygen atoms in total. The Morgan fingerprint density at radius 2 is 1.75 bits per heavy atom. The van der Waals surface area contributed by atoms with Crippen LogP contribution >= 0.6 is 0 Å². The molecule has 4 heavy (non-hydrogen) atoms. The summed E-state index contributed by atoms with van der Waals surface area (Å²) in [5.74, 6) is 0. The van der Waals surface area contributed by atoms with Crippen LogP contribution in [0.1, 0.15) is 0 Å².